The summed E-state index contributed by atoms with van der Waals surface area (Å²) in [4.78, 5) is 14.3. The van der Waals surface area contributed by atoms with E-state index in [1.54, 1.807) is 6.20 Å². The summed E-state index contributed by atoms with van der Waals surface area (Å²) in [7, 11) is 0. The molecule has 0 unspecified atom stereocenters. The van der Waals surface area contributed by atoms with Crippen molar-refractivity contribution >= 4 is 11.6 Å². The number of benzene rings is 1. The van der Waals surface area contributed by atoms with Gasteiger partial charge in [-0.1, -0.05) is 0 Å². The molecule has 0 saturated carbocycles. The lowest BCUT2D eigenvalue weighted by molar-refractivity contribution is -0.122. The van der Waals surface area contributed by atoms with Crippen molar-refractivity contribution in [1.29, 1.82) is 0 Å². The first-order valence-electron chi connectivity index (χ1n) is 8.48. The number of carbonyl (C=O) groups is 1. The van der Waals surface area contributed by atoms with Crippen molar-refractivity contribution in [1.82, 2.24) is 15.5 Å². The van der Waals surface area contributed by atoms with Gasteiger partial charge in [-0.2, -0.15) is 5.10 Å². The molecule has 2 heterocycles. The molecular formula is C18H23FN4O. The zero-order valence-electron chi connectivity index (χ0n) is 13.7. The molecule has 2 N–H and O–H groups in total. The van der Waals surface area contributed by atoms with Crippen LogP contribution in [0.15, 0.2) is 36.7 Å². The van der Waals surface area contributed by atoms with E-state index in [-0.39, 0.29) is 17.8 Å². The molecular weight excluding hydrogens is 307 g/mol. The normalized spacial score (nSPS) is 15.5. The predicted molar refractivity (Wildman–Crippen MR) is 91.3 cm³/mol. The summed E-state index contributed by atoms with van der Waals surface area (Å²) in [5, 5.41) is 9.81. The molecule has 5 nitrogen and oxygen atoms in total. The molecule has 1 fully saturated rings. The van der Waals surface area contributed by atoms with Crippen LogP contribution in [0.5, 0.6) is 0 Å². The van der Waals surface area contributed by atoms with Gasteiger partial charge < -0.3 is 10.2 Å². The molecule has 128 valence electrons. The van der Waals surface area contributed by atoms with E-state index in [1.165, 1.54) is 12.1 Å². The molecule has 0 spiro atoms. The standard InChI is InChI=1S/C18H23FN4O/c19-15-4-6-17(7-5-15)23-10-8-16(9-11-23)22-18(24)3-1-2-14-12-20-21-13-14/h4-7,12-13,16H,1-3,8-11H2,(H,20,21)(H,22,24). The molecule has 2 aromatic rings. The second kappa shape index (κ2) is 7.95. The molecule has 1 aromatic heterocycles. The maximum atomic E-state index is 13.0. The third kappa shape index (κ3) is 4.57. The predicted octanol–water partition coefficient (Wildman–Crippen LogP) is 2.66. The van der Waals surface area contributed by atoms with E-state index in [0.717, 1.165) is 50.0 Å². The van der Waals surface area contributed by atoms with Crippen LogP contribution < -0.4 is 10.2 Å². The van der Waals surface area contributed by atoms with Crippen LogP contribution in [0.3, 0.4) is 0 Å². The Bertz CT molecular complexity index is 634. The van der Waals surface area contributed by atoms with Gasteiger partial charge in [-0.3, -0.25) is 9.89 Å². The highest BCUT2D eigenvalue weighted by atomic mass is 19.1. The smallest absolute Gasteiger partial charge is 0.220 e. The van der Waals surface area contributed by atoms with Crippen LogP contribution in [0.2, 0.25) is 0 Å². The SMILES string of the molecule is O=C(CCCc1cn[nH]c1)NC1CCN(c2ccc(F)cc2)CC1. The summed E-state index contributed by atoms with van der Waals surface area (Å²) in [5.74, 6) is -0.0879. The van der Waals surface area contributed by atoms with E-state index < -0.39 is 0 Å². The minimum absolute atomic E-state index is 0.124. The summed E-state index contributed by atoms with van der Waals surface area (Å²) in [6.45, 7) is 1.76. The molecule has 24 heavy (non-hydrogen) atoms. The van der Waals surface area contributed by atoms with E-state index in [2.05, 4.69) is 20.4 Å². The van der Waals surface area contributed by atoms with Crippen molar-refractivity contribution < 1.29 is 9.18 Å². The van der Waals surface area contributed by atoms with Crippen LogP contribution in [-0.2, 0) is 11.2 Å². The summed E-state index contributed by atoms with van der Waals surface area (Å²) in [6, 6.07) is 6.84. The average Bonchev–Trinajstić information content (AvgIpc) is 3.10. The second-order valence-electron chi connectivity index (χ2n) is 6.27. The van der Waals surface area contributed by atoms with E-state index in [1.807, 2.05) is 18.3 Å². The zero-order valence-corrected chi connectivity index (χ0v) is 13.7. The monoisotopic (exact) mass is 330 g/mol. The van der Waals surface area contributed by atoms with Crippen molar-refractivity contribution in [3.8, 4) is 0 Å². The molecule has 0 atom stereocenters. The number of rotatable bonds is 6. The molecule has 0 aliphatic carbocycles. The van der Waals surface area contributed by atoms with Gasteiger partial charge in [0.1, 0.15) is 5.82 Å². The fourth-order valence-electron chi connectivity index (χ4n) is 3.10. The number of hydrogen-bond donors (Lipinski definition) is 2. The van der Waals surface area contributed by atoms with Gasteiger partial charge in [-0.05, 0) is 55.5 Å². The zero-order chi connectivity index (χ0) is 16.8. The second-order valence-corrected chi connectivity index (χ2v) is 6.27. The Balaban J connectivity index is 1.37. The summed E-state index contributed by atoms with van der Waals surface area (Å²) >= 11 is 0. The summed E-state index contributed by atoms with van der Waals surface area (Å²) in [6.07, 6.45) is 7.75. The lowest BCUT2D eigenvalue weighted by Crippen LogP contribution is -2.44. The molecule has 1 aliphatic heterocycles. The van der Waals surface area contributed by atoms with E-state index >= 15 is 0 Å². The Morgan fingerprint density at radius 2 is 2.04 bits per heavy atom. The highest BCUT2D eigenvalue weighted by molar-refractivity contribution is 5.76. The number of aromatic nitrogens is 2. The Morgan fingerprint density at radius 3 is 2.71 bits per heavy atom. The molecule has 1 saturated heterocycles. The molecule has 0 bridgehead atoms. The molecule has 3 rings (SSSR count). The molecule has 1 amide bonds. The lowest BCUT2D eigenvalue weighted by Gasteiger charge is -2.34. The molecule has 1 aliphatic rings. The third-order valence-corrected chi connectivity index (χ3v) is 4.48. The van der Waals surface area contributed by atoms with Gasteiger partial charge >= 0.3 is 0 Å². The molecule has 6 heteroatoms. The van der Waals surface area contributed by atoms with E-state index in [0.29, 0.717) is 6.42 Å². The maximum Gasteiger partial charge on any atom is 0.220 e. The summed E-state index contributed by atoms with van der Waals surface area (Å²) in [5.41, 5.74) is 2.18. The number of aromatic amines is 1. The average molecular weight is 330 g/mol. The first-order valence-corrected chi connectivity index (χ1v) is 8.48. The fourth-order valence-corrected chi connectivity index (χ4v) is 3.10. The van der Waals surface area contributed by atoms with Crippen LogP contribution in [0.25, 0.3) is 0 Å². The van der Waals surface area contributed by atoms with Crippen LogP contribution in [-0.4, -0.2) is 35.2 Å². The highest BCUT2D eigenvalue weighted by Gasteiger charge is 2.20. The number of nitrogens with zero attached hydrogens (tertiary/aromatic N) is 2. The molecule has 0 radical (unpaired) electrons. The number of carbonyl (C=O) groups excluding carboxylic acids is 1. The number of aryl methyl sites for hydroxylation is 1. The van der Waals surface area contributed by atoms with E-state index in [9.17, 15) is 9.18 Å². The summed E-state index contributed by atoms with van der Waals surface area (Å²) < 4.78 is 13.0. The van der Waals surface area contributed by atoms with Crippen molar-refractivity contribution in [3.05, 3.63) is 48.0 Å². The van der Waals surface area contributed by atoms with Crippen LogP contribution >= 0.6 is 0 Å². The van der Waals surface area contributed by atoms with Crippen LogP contribution in [0, 0.1) is 5.82 Å². The van der Waals surface area contributed by atoms with Gasteiger partial charge in [-0.15, -0.1) is 0 Å². The lowest BCUT2D eigenvalue weighted by atomic mass is 10.0. The van der Waals surface area contributed by atoms with Gasteiger partial charge in [0.05, 0.1) is 6.20 Å². The Labute approximate surface area is 141 Å². The van der Waals surface area contributed by atoms with Gasteiger partial charge in [0, 0.05) is 37.4 Å². The Hall–Kier alpha value is -2.37. The maximum absolute atomic E-state index is 13.0. The highest BCUT2D eigenvalue weighted by Crippen LogP contribution is 2.20. The Morgan fingerprint density at radius 1 is 1.29 bits per heavy atom. The topological polar surface area (TPSA) is 61.0 Å². The number of amides is 1. The largest absolute Gasteiger partial charge is 0.371 e. The first-order chi connectivity index (χ1) is 11.7. The minimum atomic E-state index is -0.212. The number of anilines is 1. The van der Waals surface area contributed by atoms with Crippen LogP contribution in [0.4, 0.5) is 10.1 Å². The number of piperidine rings is 1. The van der Waals surface area contributed by atoms with Crippen molar-refractivity contribution in [2.75, 3.05) is 18.0 Å². The van der Waals surface area contributed by atoms with Gasteiger partial charge in [0.25, 0.3) is 0 Å². The number of nitrogens with one attached hydrogen (secondary N) is 2. The first kappa shape index (κ1) is 16.5. The molecule has 1 aromatic carbocycles. The van der Waals surface area contributed by atoms with Crippen molar-refractivity contribution in [3.63, 3.8) is 0 Å². The number of H-pyrrole nitrogens is 1. The quantitative estimate of drug-likeness (QED) is 0.856. The van der Waals surface area contributed by atoms with E-state index in [4.69, 9.17) is 0 Å². The fraction of sp³-hybridized carbons (Fsp3) is 0.444. The van der Waals surface area contributed by atoms with Crippen molar-refractivity contribution in [2.45, 2.75) is 38.1 Å². The van der Waals surface area contributed by atoms with Gasteiger partial charge in [0.15, 0.2) is 0 Å². The van der Waals surface area contributed by atoms with Gasteiger partial charge in [0.2, 0.25) is 5.91 Å². The third-order valence-electron chi connectivity index (χ3n) is 4.48. The van der Waals surface area contributed by atoms with Crippen LogP contribution in [0.1, 0.15) is 31.2 Å². The van der Waals surface area contributed by atoms with Crippen molar-refractivity contribution in [2.24, 2.45) is 0 Å². The number of halogens is 1. The Kier molecular flexibility index (Phi) is 5.46. The minimum Gasteiger partial charge on any atom is -0.371 e. The number of hydrogen-bond acceptors (Lipinski definition) is 3. The van der Waals surface area contributed by atoms with Gasteiger partial charge in [-0.25, -0.2) is 4.39 Å².